The number of aromatic nitrogens is 2. The minimum Gasteiger partial charge on any atom is -0.339 e. The second kappa shape index (κ2) is 7.80. The second-order valence-electron chi connectivity index (χ2n) is 8.20. The Morgan fingerprint density at radius 2 is 1.69 bits per heavy atom. The molecule has 2 saturated carbocycles. The standard InChI is InChI=1S/C20H30N4O2/c25-19(9-6-15-4-2-1-3-5-15)23-10-12-24(13-11-23)20(26)18-14-17(21-22-18)16-7-8-16/h14-16H,1-13H2,(H,21,22). The van der Waals surface area contributed by atoms with Gasteiger partial charge in [0.2, 0.25) is 5.91 Å². The summed E-state index contributed by atoms with van der Waals surface area (Å²) in [5, 5.41) is 7.19. The molecule has 0 radical (unpaired) electrons. The molecule has 0 unspecified atom stereocenters. The molecule has 26 heavy (non-hydrogen) atoms. The molecule has 2 heterocycles. The van der Waals surface area contributed by atoms with Crippen LogP contribution in [-0.4, -0.2) is 58.0 Å². The zero-order valence-corrected chi connectivity index (χ0v) is 15.6. The van der Waals surface area contributed by atoms with Crippen LogP contribution in [-0.2, 0) is 4.79 Å². The van der Waals surface area contributed by atoms with Crippen molar-refractivity contribution in [2.24, 2.45) is 5.92 Å². The van der Waals surface area contributed by atoms with E-state index in [1.54, 1.807) is 0 Å². The maximum atomic E-state index is 12.6. The van der Waals surface area contributed by atoms with Gasteiger partial charge >= 0.3 is 0 Å². The second-order valence-corrected chi connectivity index (χ2v) is 8.20. The van der Waals surface area contributed by atoms with Gasteiger partial charge in [0.05, 0.1) is 0 Å². The van der Waals surface area contributed by atoms with Crippen molar-refractivity contribution in [1.82, 2.24) is 20.0 Å². The average Bonchev–Trinajstić information content (AvgIpc) is 3.43. The lowest BCUT2D eigenvalue weighted by molar-refractivity contribution is -0.133. The molecule has 3 fully saturated rings. The van der Waals surface area contributed by atoms with Gasteiger partial charge in [0.1, 0.15) is 5.69 Å². The zero-order chi connectivity index (χ0) is 17.9. The van der Waals surface area contributed by atoms with Gasteiger partial charge in [0, 0.05) is 44.2 Å². The van der Waals surface area contributed by atoms with Gasteiger partial charge < -0.3 is 9.80 Å². The van der Waals surface area contributed by atoms with Crippen molar-refractivity contribution in [1.29, 1.82) is 0 Å². The average molecular weight is 358 g/mol. The van der Waals surface area contributed by atoms with Gasteiger partial charge in [0.15, 0.2) is 0 Å². The first kappa shape index (κ1) is 17.6. The van der Waals surface area contributed by atoms with Crippen LogP contribution in [0.2, 0.25) is 0 Å². The van der Waals surface area contributed by atoms with E-state index < -0.39 is 0 Å². The van der Waals surface area contributed by atoms with Crippen molar-refractivity contribution in [3.63, 3.8) is 0 Å². The molecule has 142 valence electrons. The monoisotopic (exact) mass is 358 g/mol. The molecule has 2 amide bonds. The van der Waals surface area contributed by atoms with Crippen LogP contribution in [0.1, 0.15) is 79.9 Å². The fraction of sp³-hybridized carbons (Fsp3) is 0.750. The van der Waals surface area contributed by atoms with E-state index in [4.69, 9.17) is 0 Å². The van der Waals surface area contributed by atoms with Crippen molar-refractivity contribution in [3.05, 3.63) is 17.5 Å². The van der Waals surface area contributed by atoms with Gasteiger partial charge in [-0.05, 0) is 31.2 Å². The Morgan fingerprint density at radius 1 is 1.00 bits per heavy atom. The fourth-order valence-electron chi connectivity index (χ4n) is 4.33. The lowest BCUT2D eigenvalue weighted by Gasteiger charge is -2.34. The highest BCUT2D eigenvalue weighted by Crippen LogP contribution is 2.39. The summed E-state index contributed by atoms with van der Waals surface area (Å²) in [5.74, 6) is 1.57. The lowest BCUT2D eigenvalue weighted by atomic mass is 9.86. The Hall–Kier alpha value is -1.85. The number of hydrogen-bond acceptors (Lipinski definition) is 3. The van der Waals surface area contributed by atoms with Crippen LogP contribution in [0.4, 0.5) is 0 Å². The molecule has 4 rings (SSSR count). The predicted molar refractivity (Wildman–Crippen MR) is 98.9 cm³/mol. The molecule has 1 N–H and O–H groups in total. The zero-order valence-electron chi connectivity index (χ0n) is 15.6. The number of piperazine rings is 1. The van der Waals surface area contributed by atoms with Crippen LogP contribution >= 0.6 is 0 Å². The third-order valence-corrected chi connectivity index (χ3v) is 6.24. The highest BCUT2D eigenvalue weighted by atomic mass is 16.2. The van der Waals surface area contributed by atoms with E-state index in [0.717, 1.165) is 18.0 Å². The number of nitrogens with one attached hydrogen (secondary N) is 1. The molecular weight excluding hydrogens is 328 g/mol. The van der Waals surface area contributed by atoms with Gasteiger partial charge in [-0.15, -0.1) is 0 Å². The molecule has 1 aromatic heterocycles. The summed E-state index contributed by atoms with van der Waals surface area (Å²) in [5.41, 5.74) is 1.61. The maximum Gasteiger partial charge on any atom is 0.274 e. The molecule has 2 aliphatic carbocycles. The van der Waals surface area contributed by atoms with E-state index in [1.165, 1.54) is 44.9 Å². The Kier molecular flexibility index (Phi) is 5.27. The quantitative estimate of drug-likeness (QED) is 0.880. The highest BCUT2D eigenvalue weighted by molar-refractivity contribution is 5.92. The molecular formula is C20H30N4O2. The number of amides is 2. The summed E-state index contributed by atoms with van der Waals surface area (Å²) >= 11 is 0. The molecule has 1 aromatic rings. The highest BCUT2D eigenvalue weighted by Gasteiger charge is 2.29. The summed E-state index contributed by atoms with van der Waals surface area (Å²) < 4.78 is 0. The molecule has 6 nitrogen and oxygen atoms in total. The minimum absolute atomic E-state index is 0.0116. The van der Waals surface area contributed by atoms with Crippen LogP contribution in [0.5, 0.6) is 0 Å². The Labute approximate surface area is 155 Å². The summed E-state index contributed by atoms with van der Waals surface area (Å²) in [6, 6.07) is 1.90. The number of aromatic amines is 1. The number of hydrogen-bond donors (Lipinski definition) is 1. The number of H-pyrrole nitrogens is 1. The third kappa shape index (κ3) is 4.10. The lowest BCUT2D eigenvalue weighted by Crippen LogP contribution is -2.50. The van der Waals surface area contributed by atoms with E-state index >= 15 is 0 Å². The SMILES string of the molecule is O=C(CCC1CCCCC1)N1CCN(C(=O)c2cc(C3CC3)[nH]n2)CC1. The molecule has 6 heteroatoms. The first-order valence-corrected chi connectivity index (χ1v) is 10.3. The summed E-state index contributed by atoms with van der Waals surface area (Å²) in [4.78, 5) is 28.9. The Bertz CT molecular complexity index is 638. The molecule has 0 bridgehead atoms. The van der Waals surface area contributed by atoms with Gasteiger partial charge in [-0.25, -0.2) is 0 Å². The van der Waals surface area contributed by atoms with Crippen LogP contribution in [0.3, 0.4) is 0 Å². The van der Waals surface area contributed by atoms with Crippen molar-refractivity contribution >= 4 is 11.8 Å². The van der Waals surface area contributed by atoms with E-state index in [9.17, 15) is 9.59 Å². The summed E-state index contributed by atoms with van der Waals surface area (Å²) in [6.45, 7) is 2.52. The number of carbonyl (C=O) groups is 2. The Balaban J connectivity index is 1.22. The smallest absolute Gasteiger partial charge is 0.274 e. The number of nitrogens with zero attached hydrogens (tertiary/aromatic N) is 3. The summed E-state index contributed by atoms with van der Waals surface area (Å²) in [6.07, 6.45) is 10.7. The predicted octanol–water partition coefficient (Wildman–Crippen LogP) is 2.93. The molecule has 3 aliphatic rings. The molecule has 0 spiro atoms. The van der Waals surface area contributed by atoms with E-state index in [1.807, 2.05) is 15.9 Å². The third-order valence-electron chi connectivity index (χ3n) is 6.24. The molecule has 1 aliphatic heterocycles. The first-order chi connectivity index (χ1) is 12.7. The van der Waals surface area contributed by atoms with Crippen molar-refractivity contribution in [2.75, 3.05) is 26.2 Å². The van der Waals surface area contributed by atoms with Crippen LogP contribution in [0, 0.1) is 5.92 Å². The van der Waals surface area contributed by atoms with Crippen LogP contribution in [0.25, 0.3) is 0 Å². The van der Waals surface area contributed by atoms with E-state index in [2.05, 4.69) is 10.2 Å². The number of rotatable bonds is 5. The Morgan fingerprint density at radius 3 is 2.38 bits per heavy atom. The molecule has 0 atom stereocenters. The van der Waals surface area contributed by atoms with E-state index in [0.29, 0.717) is 44.2 Å². The maximum absolute atomic E-state index is 12.6. The van der Waals surface area contributed by atoms with Crippen LogP contribution < -0.4 is 0 Å². The largest absolute Gasteiger partial charge is 0.339 e. The fourth-order valence-corrected chi connectivity index (χ4v) is 4.33. The van der Waals surface area contributed by atoms with Gasteiger partial charge in [0.25, 0.3) is 5.91 Å². The summed E-state index contributed by atoms with van der Waals surface area (Å²) in [7, 11) is 0. The molecule has 1 saturated heterocycles. The topological polar surface area (TPSA) is 69.3 Å². The first-order valence-electron chi connectivity index (χ1n) is 10.3. The number of carbonyl (C=O) groups excluding carboxylic acids is 2. The van der Waals surface area contributed by atoms with Gasteiger partial charge in [-0.2, -0.15) is 5.10 Å². The van der Waals surface area contributed by atoms with Crippen molar-refractivity contribution < 1.29 is 9.59 Å². The van der Waals surface area contributed by atoms with Crippen LogP contribution in [0.15, 0.2) is 6.07 Å². The minimum atomic E-state index is -0.0116. The van der Waals surface area contributed by atoms with Crippen molar-refractivity contribution in [3.8, 4) is 0 Å². The van der Waals surface area contributed by atoms with E-state index in [-0.39, 0.29) is 11.8 Å². The van der Waals surface area contributed by atoms with Gasteiger partial charge in [-0.3, -0.25) is 14.7 Å². The molecule has 0 aromatic carbocycles. The normalized spacial score (nSPS) is 21.8. The van der Waals surface area contributed by atoms with Gasteiger partial charge in [-0.1, -0.05) is 32.1 Å². The van der Waals surface area contributed by atoms with Crippen molar-refractivity contribution in [2.45, 2.75) is 63.7 Å².